The van der Waals surface area contributed by atoms with Crippen LogP contribution in [0.25, 0.3) is 0 Å². The van der Waals surface area contributed by atoms with Crippen LogP contribution in [0.3, 0.4) is 0 Å². The Labute approximate surface area is 115 Å². The number of hydrogen-bond donors (Lipinski definition) is 0. The van der Waals surface area contributed by atoms with E-state index in [-0.39, 0.29) is 6.03 Å². The summed E-state index contributed by atoms with van der Waals surface area (Å²) < 4.78 is 1.22. The minimum absolute atomic E-state index is 0.249. The lowest BCUT2D eigenvalue weighted by molar-refractivity contribution is 0.214. The molecule has 0 bridgehead atoms. The standard InChI is InChI=1S/C12H15N5OS/c1-16(2)12(18)17-11(13-14-15-17)8-9-4-6-10(19-3)7-5-9/h4-7H,8H2,1-3H3. The average Bonchev–Trinajstić information content (AvgIpc) is 2.86. The van der Waals surface area contributed by atoms with E-state index in [4.69, 9.17) is 0 Å². The quantitative estimate of drug-likeness (QED) is 0.628. The summed E-state index contributed by atoms with van der Waals surface area (Å²) in [7, 11) is 3.34. The van der Waals surface area contributed by atoms with Crippen LogP contribution in [0.1, 0.15) is 11.4 Å². The number of thioether (sulfide) groups is 1. The Morgan fingerprint density at radius 3 is 2.58 bits per heavy atom. The molecule has 1 aromatic heterocycles. The first-order valence-electron chi connectivity index (χ1n) is 5.73. The number of carbonyl (C=O) groups is 1. The van der Waals surface area contributed by atoms with Crippen LogP contribution in [-0.4, -0.2) is 51.5 Å². The zero-order valence-electron chi connectivity index (χ0n) is 11.1. The smallest absolute Gasteiger partial charge is 0.329 e. The number of benzene rings is 1. The zero-order valence-corrected chi connectivity index (χ0v) is 11.9. The van der Waals surface area contributed by atoms with Crippen molar-refractivity contribution in [1.82, 2.24) is 25.1 Å². The minimum atomic E-state index is -0.249. The largest absolute Gasteiger partial charge is 0.347 e. The first kappa shape index (κ1) is 13.5. The summed E-state index contributed by atoms with van der Waals surface area (Å²) in [6.45, 7) is 0. The molecule has 0 unspecified atom stereocenters. The van der Waals surface area contributed by atoms with E-state index < -0.39 is 0 Å². The maximum atomic E-state index is 11.9. The van der Waals surface area contributed by atoms with Crippen LogP contribution in [0.15, 0.2) is 29.2 Å². The third-order valence-electron chi connectivity index (χ3n) is 2.62. The number of nitrogens with zero attached hydrogens (tertiary/aromatic N) is 5. The van der Waals surface area contributed by atoms with Crippen molar-refractivity contribution in [2.75, 3.05) is 20.4 Å². The summed E-state index contributed by atoms with van der Waals surface area (Å²) in [5.41, 5.74) is 1.07. The number of hydrogen-bond acceptors (Lipinski definition) is 5. The highest BCUT2D eigenvalue weighted by atomic mass is 32.2. The van der Waals surface area contributed by atoms with Crippen LogP contribution in [0.5, 0.6) is 0 Å². The fourth-order valence-electron chi connectivity index (χ4n) is 1.58. The Balaban J connectivity index is 2.19. The Hall–Kier alpha value is -1.89. The molecular weight excluding hydrogens is 262 g/mol. The van der Waals surface area contributed by atoms with Gasteiger partial charge in [0.1, 0.15) is 0 Å². The molecule has 0 saturated heterocycles. The van der Waals surface area contributed by atoms with Crippen LogP contribution in [0.2, 0.25) is 0 Å². The van der Waals surface area contributed by atoms with Crippen molar-refractivity contribution in [2.24, 2.45) is 0 Å². The lowest BCUT2D eigenvalue weighted by Gasteiger charge is -2.10. The molecule has 0 aliphatic carbocycles. The highest BCUT2D eigenvalue weighted by Crippen LogP contribution is 2.16. The van der Waals surface area contributed by atoms with Gasteiger partial charge in [0, 0.05) is 25.4 Å². The molecule has 0 fully saturated rings. The lowest BCUT2D eigenvalue weighted by atomic mass is 10.1. The molecule has 0 aliphatic rings. The van der Waals surface area contributed by atoms with Crippen molar-refractivity contribution in [1.29, 1.82) is 0 Å². The van der Waals surface area contributed by atoms with Gasteiger partial charge in [0.25, 0.3) is 0 Å². The van der Waals surface area contributed by atoms with Crippen molar-refractivity contribution >= 4 is 17.8 Å². The lowest BCUT2D eigenvalue weighted by Crippen LogP contribution is -2.29. The Kier molecular flexibility index (Phi) is 4.16. The van der Waals surface area contributed by atoms with Crippen molar-refractivity contribution in [3.63, 3.8) is 0 Å². The molecular formula is C12H15N5OS. The first-order valence-corrected chi connectivity index (χ1v) is 6.96. The number of aromatic nitrogens is 4. The summed E-state index contributed by atoms with van der Waals surface area (Å²) in [5, 5.41) is 11.2. The Morgan fingerprint density at radius 2 is 2.00 bits per heavy atom. The van der Waals surface area contributed by atoms with Crippen molar-refractivity contribution < 1.29 is 4.79 Å². The molecule has 0 spiro atoms. The minimum Gasteiger partial charge on any atom is -0.329 e. The fourth-order valence-corrected chi connectivity index (χ4v) is 1.99. The van der Waals surface area contributed by atoms with E-state index in [0.717, 1.165) is 5.56 Å². The highest BCUT2D eigenvalue weighted by molar-refractivity contribution is 7.98. The molecule has 1 amide bonds. The SMILES string of the molecule is CSc1ccc(Cc2nnnn2C(=O)N(C)C)cc1. The molecule has 7 heteroatoms. The van der Waals surface area contributed by atoms with E-state index in [1.807, 2.05) is 30.5 Å². The molecule has 0 atom stereocenters. The third kappa shape index (κ3) is 3.11. The van der Waals surface area contributed by atoms with Gasteiger partial charge in [0.15, 0.2) is 5.82 Å². The predicted molar refractivity (Wildman–Crippen MR) is 73.3 cm³/mol. The van der Waals surface area contributed by atoms with Gasteiger partial charge >= 0.3 is 6.03 Å². The molecule has 6 nitrogen and oxygen atoms in total. The van der Waals surface area contributed by atoms with Crippen LogP contribution in [-0.2, 0) is 6.42 Å². The molecule has 0 saturated carbocycles. The molecule has 19 heavy (non-hydrogen) atoms. The predicted octanol–water partition coefficient (Wildman–Crippen LogP) is 1.52. The Morgan fingerprint density at radius 1 is 1.32 bits per heavy atom. The van der Waals surface area contributed by atoms with Crippen LogP contribution < -0.4 is 0 Å². The summed E-state index contributed by atoms with van der Waals surface area (Å²) in [6.07, 6.45) is 2.56. The highest BCUT2D eigenvalue weighted by Gasteiger charge is 2.15. The Bertz CT molecular complexity index is 564. The van der Waals surface area contributed by atoms with E-state index in [0.29, 0.717) is 12.2 Å². The number of rotatable bonds is 3. The van der Waals surface area contributed by atoms with Gasteiger partial charge in [-0.3, -0.25) is 0 Å². The van der Waals surface area contributed by atoms with Crippen LogP contribution >= 0.6 is 11.8 Å². The van der Waals surface area contributed by atoms with Gasteiger partial charge in [-0.15, -0.1) is 21.5 Å². The number of tetrazole rings is 1. The second-order valence-electron chi connectivity index (χ2n) is 4.21. The molecule has 2 rings (SSSR count). The van der Waals surface area contributed by atoms with Gasteiger partial charge in [-0.1, -0.05) is 12.1 Å². The van der Waals surface area contributed by atoms with E-state index in [1.54, 1.807) is 25.9 Å². The van der Waals surface area contributed by atoms with E-state index >= 15 is 0 Å². The molecule has 1 heterocycles. The van der Waals surface area contributed by atoms with Crippen molar-refractivity contribution in [3.8, 4) is 0 Å². The van der Waals surface area contributed by atoms with Crippen molar-refractivity contribution in [2.45, 2.75) is 11.3 Å². The van der Waals surface area contributed by atoms with E-state index in [9.17, 15) is 4.79 Å². The van der Waals surface area contributed by atoms with E-state index in [2.05, 4.69) is 15.5 Å². The third-order valence-corrected chi connectivity index (χ3v) is 3.36. The molecule has 1 aromatic carbocycles. The topological polar surface area (TPSA) is 63.9 Å². The van der Waals surface area contributed by atoms with Crippen LogP contribution in [0, 0.1) is 0 Å². The molecule has 2 aromatic rings. The van der Waals surface area contributed by atoms with Crippen LogP contribution in [0.4, 0.5) is 4.79 Å². The fraction of sp³-hybridized carbons (Fsp3) is 0.333. The summed E-state index contributed by atoms with van der Waals surface area (Å²) >= 11 is 1.69. The maximum absolute atomic E-state index is 11.9. The van der Waals surface area contributed by atoms with Gasteiger partial charge in [-0.2, -0.15) is 0 Å². The van der Waals surface area contributed by atoms with Crippen molar-refractivity contribution in [3.05, 3.63) is 35.7 Å². The summed E-state index contributed by atoms with van der Waals surface area (Å²) in [6, 6.07) is 7.88. The monoisotopic (exact) mass is 277 g/mol. The van der Waals surface area contributed by atoms with Gasteiger partial charge in [-0.25, -0.2) is 4.79 Å². The van der Waals surface area contributed by atoms with Gasteiger partial charge in [0.2, 0.25) is 0 Å². The van der Waals surface area contributed by atoms with E-state index in [1.165, 1.54) is 14.5 Å². The number of amides is 1. The van der Waals surface area contributed by atoms with Gasteiger partial charge in [-0.05, 0) is 34.4 Å². The second kappa shape index (κ2) is 5.83. The first-order chi connectivity index (χ1) is 9.11. The number of carbonyl (C=O) groups excluding carboxylic acids is 1. The van der Waals surface area contributed by atoms with Gasteiger partial charge in [0.05, 0.1) is 0 Å². The van der Waals surface area contributed by atoms with Gasteiger partial charge < -0.3 is 4.90 Å². The zero-order chi connectivity index (χ0) is 13.8. The average molecular weight is 277 g/mol. The summed E-state index contributed by atoms with van der Waals surface area (Å²) in [4.78, 5) is 14.5. The summed E-state index contributed by atoms with van der Waals surface area (Å²) in [5.74, 6) is 0.538. The molecule has 100 valence electrons. The molecule has 0 radical (unpaired) electrons. The normalized spacial score (nSPS) is 10.5. The molecule has 0 aliphatic heterocycles. The second-order valence-corrected chi connectivity index (χ2v) is 5.09. The molecule has 0 N–H and O–H groups in total. The maximum Gasteiger partial charge on any atom is 0.347 e.